The fraction of sp³-hybridized carbons (Fsp3) is 0.556. The summed E-state index contributed by atoms with van der Waals surface area (Å²) in [5.74, 6) is 0.789. The van der Waals surface area contributed by atoms with Crippen LogP contribution in [-0.4, -0.2) is 17.8 Å². The first-order valence-electron chi connectivity index (χ1n) is 4.34. The molecule has 0 bridgehead atoms. The van der Waals surface area contributed by atoms with E-state index in [0.717, 1.165) is 12.2 Å². The van der Waals surface area contributed by atoms with E-state index in [4.69, 9.17) is 21.1 Å². The topological polar surface area (TPSA) is 45.4 Å². The van der Waals surface area contributed by atoms with Crippen LogP contribution >= 0.6 is 11.6 Å². The van der Waals surface area contributed by atoms with E-state index in [0.29, 0.717) is 11.8 Å². The Bertz CT molecular complexity index is 246. The minimum absolute atomic E-state index is 0.129. The molecule has 2 N–H and O–H groups in total. The zero-order valence-electron chi connectivity index (χ0n) is 7.59. The lowest BCUT2D eigenvalue weighted by molar-refractivity contribution is 0.235. The first-order valence-corrected chi connectivity index (χ1v) is 4.72. The normalized spacial score (nSPS) is 13.2. The highest BCUT2D eigenvalue weighted by Crippen LogP contribution is 2.12. The lowest BCUT2D eigenvalue weighted by atomic mass is 10.2. The van der Waals surface area contributed by atoms with E-state index in [9.17, 15) is 0 Å². The summed E-state index contributed by atoms with van der Waals surface area (Å²) in [6, 6.07) is 3.65. The van der Waals surface area contributed by atoms with Gasteiger partial charge in [-0.15, -0.1) is 0 Å². The largest absolute Gasteiger partial charge is 0.448 e. The highest BCUT2D eigenvalue weighted by atomic mass is 35.5. The molecule has 1 rings (SSSR count). The maximum atomic E-state index is 8.89. The van der Waals surface area contributed by atoms with Gasteiger partial charge in [-0.25, -0.2) is 0 Å². The third-order valence-corrected chi connectivity index (χ3v) is 2.11. The van der Waals surface area contributed by atoms with Crippen molar-refractivity contribution in [2.45, 2.75) is 25.9 Å². The van der Waals surface area contributed by atoms with Gasteiger partial charge in [0, 0.05) is 6.04 Å². The third kappa shape index (κ3) is 3.38. The number of hydrogen-bond donors (Lipinski definition) is 2. The predicted octanol–water partition coefficient (Wildman–Crippen LogP) is 1.79. The van der Waals surface area contributed by atoms with Crippen LogP contribution in [0.25, 0.3) is 0 Å². The molecule has 0 saturated carbocycles. The summed E-state index contributed by atoms with van der Waals surface area (Å²) in [6.45, 7) is 2.76. The van der Waals surface area contributed by atoms with Crippen molar-refractivity contribution in [3.8, 4) is 0 Å². The Hall–Kier alpha value is -0.510. The summed E-state index contributed by atoms with van der Waals surface area (Å²) in [5, 5.41) is 12.4. The number of rotatable bonds is 5. The molecular formula is C9H14ClNO2. The smallest absolute Gasteiger partial charge is 0.193 e. The van der Waals surface area contributed by atoms with E-state index in [1.165, 1.54) is 0 Å². The van der Waals surface area contributed by atoms with E-state index in [-0.39, 0.29) is 12.6 Å². The molecule has 1 atom stereocenters. The summed E-state index contributed by atoms with van der Waals surface area (Å²) < 4.78 is 5.14. The van der Waals surface area contributed by atoms with E-state index in [2.05, 4.69) is 5.32 Å². The van der Waals surface area contributed by atoms with Crippen LogP contribution in [0.4, 0.5) is 0 Å². The predicted molar refractivity (Wildman–Crippen MR) is 51.7 cm³/mol. The Morgan fingerprint density at radius 1 is 1.62 bits per heavy atom. The molecule has 0 saturated heterocycles. The molecule has 1 aromatic heterocycles. The molecule has 0 fully saturated rings. The van der Waals surface area contributed by atoms with Crippen LogP contribution in [0, 0.1) is 0 Å². The summed E-state index contributed by atoms with van der Waals surface area (Å²) in [7, 11) is 0. The molecular weight excluding hydrogens is 190 g/mol. The van der Waals surface area contributed by atoms with Crippen molar-refractivity contribution in [2.75, 3.05) is 6.61 Å². The molecule has 1 heterocycles. The molecule has 0 unspecified atom stereocenters. The molecule has 0 aliphatic carbocycles. The van der Waals surface area contributed by atoms with Crippen LogP contribution in [0.1, 0.15) is 19.1 Å². The summed E-state index contributed by atoms with van der Waals surface area (Å²) in [4.78, 5) is 0. The van der Waals surface area contributed by atoms with Gasteiger partial charge in [-0.1, -0.05) is 6.92 Å². The zero-order valence-corrected chi connectivity index (χ0v) is 8.34. The maximum Gasteiger partial charge on any atom is 0.193 e. The van der Waals surface area contributed by atoms with Crippen LogP contribution < -0.4 is 5.32 Å². The van der Waals surface area contributed by atoms with Gasteiger partial charge in [-0.05, 0) is 30.2 Å². The van der Waals surface area contributed by atoms with Crippen molar-refractivity contribution in [3.63, 3.8) is 0 Å². The quantitative estimate of drug-likeness (QED) is 0.767. The molecule has 74 valence electrons. The molecule has 0 spiro atoms. The van der Waals surface area contributed by atoms with Gasteiger partial charge in [0.2, 0.25) is 0 Å². The van der Waals surface area contributed by atoms with Gasteiger partial charge >= 0.3 is 0 Å². The highest BCUT2D eigenvalue weighted by Gasteiger charge is 2.05. The first-order chi connectivity index (χ1) is 6.26. The average molecular weight is 204 g/mol. The standard InChI is InChI=1S/C9H14ClNO2/c1-2-7(6-12)11-5-8-3-4-9(10)13-8/h3-4,7,11-12H,2,5-6H2,1H3/t7-/m1/s1. The van der Waals surface area contributed by atoms with Crippen LogP contribution in [0.3, 0.4) is 0 Å². The molecule has 0 radical (unpaired) electrons. The molecule has 0 aliphatic heterocycles. The van der Waals surface area contributed by atoms with Gasteiger partial charge in [0.05, 0.1) is 13.2 Å². The average Bonchev–Trinajstić information content (AvgIpc) is 2.53. The number of hydrogen-bond acceptors (Lipinski definition) is 3. The first kappa shape index (κ1) is 10.6. The van der Waals surface area contributed by atoms with E-state index < -0.39 is 0 Å². The second-order valence-corrected chi connectivity index (χ2v) is 3.25. The molecule has 0 aliphatic rings. The fourth-order valence-electron chi connectivity index (χ4n) is 1.03. The van der Waals surface area contributed by atoms with Crippen LogP contribution in [0.15, 0.2) is 16.5 Å². The maximum absolute atomic E-state index is 8.89. The van der Waals surface area contributed by atoms with E-state index >= 15 is 0 Å². The highest BCUT2D eigenvalue weighted by molar-refractivity contribution is 6.28. The number of furan rings is 1. The molecule has 13 heavy (non-hydrogen) atoms. The second kappa shape index (κ2) is 5.27. The van der Waals surface area contributed by atoms with Crippen molar-refractivity contribution in [3.05, 3.63) is 23.1 Å². The van der Waals surface area contributed by atoms with Crippen molar-refractivity contribution in [1.29, 1.82) is 0 Å². The van der Waals surface area contributed by atoms with E-state index in [1.54, 1.807) is 6.07 Å². The van der Waals surface area contributed by atoms with Gasteiger partial charge in [0.25, 0.3) is 0 Å². The van der Waals surface area contributed by atoms with Crippen LogP contribution in [0.5, 0.6) is 0 Å². The van der Waals surface area contributed by atoms with Gasteiger partial charge in [0.15, 0.2) is 5.22 Å². The Kier molecular flexibility index (Phi) is 4.28. The molecule has 0 aromatic carbocycles. The van der Waals surface area contributed by atoms with Gasteiger partial charge in [0.1, 0.15) is 5.76 Å². The monoisotopic (exact) mass is 203 g/mol. The van der Waals surface area contributed by atoms with Crippen LogP contribution in [0.2, 0.25) is 5.22 Å². The minimum Gasteiger partial charge on any atom is -0.448 e. The van der Waals surface area contributed by atoms with Gasteiger partial charge in [-0.2, -0.15) is 0 Å². The Morgan fingerprint density at radius 2 is 2.38 bits per heavy atom. The molecule has 4 heteroatoms. The van der Waals surface area contributed by atoms with Crippen LogP contribution in [-0.2, 0) is 6.54 Å². The lowest BCUT2D eigenvalue weighted by Crippen LogP contribution is -2.30. The van der Waals surface area contributed by atoms with Gasteiger partial charge < -0.3 is 14.8 Å². The molecule has 3 nitrogen and oxygen atoms in total. The zero-order chi connectivity index (χ0) is 9.68. The third-order valence-electron chi connectivity index (χ3n) is 1.91. The second-order valence-electron chi connectivity index (χ2n) is 2.87. The number of aliphatic hydroxyl groups excluding tert-OH is 1. The lowest BCUT2D eigenvalue weighted by Gasteiger charge is -2.11. The fourth-order valence-corrected chi connectivity index (χ4v) is 1.19. The molecule has 0 amide bonds. The SMILES string of the molecule is CC[C@H](CO)NCc1ccc(Cl)o1. The number of aliphatic hydroxyl groups is 1. The Balaban J connectivity index is 2.33. The van der Waals surface area contributed by atoms with Crippen molar-refractivity contribution in [2.24, 2.45) is 0 Å². The Morgan fingerprint density at radius 3 is 2.85 bits per heavy atom. The number of nitrogens with one attached hydrogen (secondary N) is 1. The van der Waals surface area contributed by atoms with Gasteiger partial charge in [-0.3, -0.25) is 0 Å². The van der Waals surface area contributed by atoms with E-state index in [1.807, 2.05) is 13.0 Å². The molecule has 1 aromatic rings. The number of halogens is 1. The summed E-state index contributed by atoms with van der Waals surface area (Å²) >= 11 is 5.60. The van der Waals surface area contributed by atoms with Crippen molar-refractivity contribution in [1.82, 2.24) is 5.32 Å². The minimum atomic E-state index is 0.129. The van der Waals surface area contributed by atoms with Crippen molar-refractivity contribution < 1.29 is 9.52 Å². The summed E-state index contributed by atoms with van der Waals surface area (Å²) in [6.07, 6.45) is 0.894. The van der Waals surface area contributed by atoms with Crippen molar-refractivity contribution >= 4 is 11.6 Å². The summed E-state index contributed by atoms with van der Waals surface area (Å²) in [5.41, 5.74) is 0. The Labute approximate surface area is 82.7 Å².